The van der Waals surface area contributed by atoms with Gasteiger partial charge in [0.1, 0.15) is 29.3 Å². The molecule has 5 amide bonds. The summed E-state index contributed by atoms with van der Waals surface area (Å²) in [6, 6.07) is 12.9. The van der Waals surface area contributed by atoms with Crippen molar-refractivity contribution in [1.29, 1.82) is 0 Å². The third kappa shape index (κ3) is 8.83. The fourth-order valence-electron chi connectivity index (χ4n) is 7.17. The number of carbonyl (C=O) groups is 5. The van der Waals surface area contributed by atoms with Crippen molar-refractivity contribution in [1.82, 2.24) is 25.2 Å². The lowest BCUT2D eigenvalue weighted by Gasteiger charge is -2.30. The van der Waals surface area contributed by atoms with Gasteiger partial charge in [-0.05, 0) is 69.7 Å². The van der Waals surface area contributed by atoms with E-state index >= 15 is 0 Å². The largest absolute Gasteiger partial charge is 0.444 e. The van der Waals surface area contributed by atoms with E-state index in [-0.39, 0.29) is 30.7 Å². The summed E-state index contributed by atoms with van der Waals surface area (Å²) in [5.74, 6) is -2.67. The second kappa shape index (κ2) is 15.2. The summed E-state index contributed by atoms with van der Waals surface area (Å²) in [5, 5.41) is 5.50. The van der Waals surface area contributed by atoms with Crippen molar-refractivity contribution in [2.45, 2.75) is 113 Å². The van der Waals surface area contributed by atoms with E-state index in [1.54, 1.807) is 31.7 Å². The van der Waals surface area contributed by atoms with Crippen LogP contribution >= 0.6 is 0 Å². The molecule has 2 aromatic rings. The summed E-state index contributed by atoms with van der Waals surface area (Å²) in [6.07, 6.45) is 4.53. The standard InChI is InChI=1S/C38H47N5O9S/c1-37(2,3)52-35(47)39-30-19-11-6-4-5-8-16-27-21-38(27,34(46)41-53(49,50)29-17-9-7-10-18-29)40-32(44)31-20-28(24-43(31)33(30)45)51-36(48)42-22-25-14-12-13-15-26(25)23-42/h7-10,12-18,27-28,30-31H,4-6,11,19-24H2,1-3H3,(H,39,47)(H,40,44)(H,41,46)/b16-8-/t27-,28-,30+,31+,38-/m1/s1. The molecule has 1 saturated carbocycles. The highest BCUT2D eigenvalue weighted by atomic mass is 32.2. The van der Waals surface area contributed by atoms with E-state index in [4.69, 9.17) is 9.47 Å². The third-order valence-electron chi connectivity index (χ3n) is 9.98. The molecule has 0 unspecified atom stereocenters. The van der Waals surface area contributed by atoms with Gasteiger partial charge >= 0.3 is 12.2 Å². The lowest BCUT2D eigenvalue weighted by molar-refractivity contribution is -0.141. The van der Waals surface area contributed by atoms with Crippen LogP contribution in [0.1, 0.15) is 76.8 Å². The number of nitrogens with zero attached hydrogens (tertiary/aromatic N) is 2. The Kier molecular flexibility index (Phi) is 10.9. The zero-order valence-corrected chi connectivity index (χ0v) is 31.0. The van der Waals surface area contributed by atoms with Gasteiger partial charge in [-0.25, -0.2) is 22.7 Å². The number of hydrogen-bond acceptors (Lipinski definition) is 9. The van der Waals surface area contributed by atoms with Gasteiger partial charge in [-0.15, -0.1) is 0 Å². The number of amides is 5. The Bertz CT molecular complexity index is 1850. The molecule has 0 bridgehead atoms. The van der Waals surface area contributed by atoms with Crippen LogP contribution in [0.5, 0.6) is 0 Å². The van der Waals surface area contributed by atoms with E-state index in [2.05, 4.69) is 15.4 Å². The Labute approximate surface area is 309 Å². The molecule has 15 heteroatoms. The van der Waals surface area contributed by atoms with Crippen LogP contribution < -0.4 is 15.4 Å². The number of hydrogen-bond donors (Lipinski definition) is 3. The lowest BCUT2D eigenvalue weighted by Crippen LogP contribution is -2.58. The molecule has 14 nitrogen and oxygen atoms in total. The molecular weight excluding hydrogens is 703 g/mol. The van der Waals surface area contributed by atoms with Crippen molar-refractivity contribution in [2.75, 3.05) is 6.54 Å². The van der Waals surface area contributed by atoms with Gasteiger partial charge in [-0.2, -0.15) is 0 Å². The van der Waals surface area contributed by atoms with E-state index in [0.29, 0.717) is 25.9 Å². The summed E-state index contributed by atoms with van der Waals surface area (Å²) in [5.41, 5.74) is -0.428. The van der Waals surface area contributed by atoms with Crippen molar-refractivity contribution in [2.24, 2.45) is 5.92 Å². The van der Waals surface area contributed by atoms with E-state index in [1.165, 1.54) is 29.2 Å². The number of allylic oxidation sites excluding steroid dienone is 1. The van der Waals surface area contributed by atoms with Crippen molar-refractivity contribution in [3.63, 3.8) is 0 Å². The third-order valence-corrected chi connectivity index (χ3v) is 11.3. The molecule has 2 aromatic carbocycles. The fourth-order valence-corrected chi connectivity index (χ4v) is 8.23. The maximum absolute atomic E-state index is 14.4. The number of sulfonamides is 1. The molecule has 6 rings (SSSR count). The molecule has 2 fully saturated rings. The molecule has 284 valence electrons. The predicted molar refractivity (Wildman–Crippen MR) is 192 cm³/mol. The van der Waals surface area contributed by atoms with Crippen molar-refractivity contribution in [3.8, 4) is 0 Å². The highest BCUT2D eigenvalue weighted by Crippen LogP contribution is 2.46. The van der Waals surface area contributed by atoms with Gasteiger partial charge < -0.3 is 25.0 Å². The normalized spacial score (nSPS) is 26.8. The Hall–Kier alpha value is -4.92. The summed E-state index contributed by atoms with van der Waals surface area (Å²) in [7, 11) is -4.27. The minimum Gasteiger partial charge on any atom is -0.444 e. The van der Waals surface area contributed by atoms with Crippen molar-refractivity contribution >= 4 is 39.9 Å². The molecule has 0 spiro atoms. The number of rotatable bonds is 5. The van der Waals surface area contributed by atoms with Crippen LogP contribution in [0.15, 0.2) is 71.6 Å². The smallest absolute Gasteiger partial charge is 0.410 e. The van der Waals surface area contributed by atoms with Gasteiger partial charge in [-0.1, -0.05) is 67.5 Å². The van der Waals surface area contributed by atoms with Crippen LogP contribution in [0.3, 0.4) is 0 Å². The molecule has 3 heterocycles. The topological polar surface area (TPSA) is 181 Å². The molecular formula is C38H47N5O9S. The van der Waals surface area contributed by atoms with Gasteiger partial charge in [0.15, 0.2) is 0 Å². The number of ether oxygens (including phenoxy) is 2. The molecule has 0 aromatic heterocycles. The minimum absolute atomic E-state index is 0.0796. The Morgan fingerprint density at radius 3 is 2.30 bits per heavy atom. The summed E-state index contributed by atoms with van der Waals surface area (Å²) in [4.78, 5) is 71.5. The van der Waals surface area contributed by atoms with Gasteiger partial charge in [0.05, 0.1) is 11.4 Å². The van der Waals surface area contributed by atoms with Crippen molar-refractivity contribution < 1.29 is 41.9 Å². The van der Waals surface area contributed by atoms with Gasteiger partial charge in [0.2, 0.25) is 11.8 Å². The first kappa shape index (κ1) is 37.8. The summed E-state index contributed by atoms with van der Waals surface area (Å²) < 4.78 is 39.9. The summed E-state index contributed by atoms with van der Waals surface area (Å²) in [6.45, 7) is 5.70. The molecule has 3 N–H and O–H groups in total. The van der Waals surface area contributed by atoms with Crippen LogP contribution in [-0.4, -0.2) is 84.0 Å². The first-order chi connectivity index (χ1) is 25.1. The van der Waals surface area contributed by atoms with Gasteiger partial charge in [-0.3, -0.25) is 19.3 Å². The van der Waals surface area contributed by atoms with E-state index in [9.17, 15) is 32.4 Å². The minimum atomic E-state index is -4.27. The zero-order valence-electron chi connectivity index (χ0n) is 30.2. The predicted octanol–water partition coefficient (Wildman–Crippen LogP) is 3.90. The summed E-state index contributed by atoms with van der Waals surface area (Å²) >= 11 is 0. The number of benzene rings is 2. The van der Waals surface area contributed by atoms with Gasteiger partial charge in [0, 0.05) is 25.4 Å². The molecule has 0 radical (unpaired) electrons. The van der Waals surface area contributed by atoms with Crippen LogP contribution in [0, 0.1) is 5.92 Å². The highest BCUT2D eigenvalue weighted by Gasteiger charge is 2.61. The van der Waals surface area contributed by atoms with Crippen LogP contribution in [0.2, 0.25) is 0 Å². The number of fused-ring (bicyclic) bond motifs is 3. The average Bonchev–Trinajstić information content (AvgIpc) is 3.40. The molecule has 53 heavy (non-hydrogen) atoms. The quantitative estimate of drug-likeness (QED) is 0.382. The average molecular weight is 750 g/mol. The Morgan fingerprint density at radius 1 is 0.943 bits per heavy atom. The molecule has 5 atom stereocenters. The first-order valence-corrected chi connectivity index (χ1v) is 19.6. The second-order valence-electron chi connectivity index (χ2n) is 15.2. The highest BCUT2D eigenvalue weighted by molar-refractivity contribution is 7.90. The zero-order chi connectivity index (χ0) is 38.0. The van der Waals surface area contributed by atoms with E-state index in [0.717, 1.165) is 24.0 Å². The second-order valence-corrected chi connectivity index (χ2v) is 16.8. The maximum Gasteiger partial charge on any atom is 0.410 e. The number of alkyl carbamates (subject to hydrolysis) is 1. The molecule has 4 aliphatic rings. The Morgan fingerprint density at radius 2 is 1.62 bits per heavy atom. The van der Waals surface area contributed by atoms with Crippen LogP contribution in [0.25, 0.3) is 0 Å². The molecule has 1 aliphatic carbocycles. The fraction of sp³-hybridized carbons (Fsp3) is 0.500. The molecule has 1 saturated heterocycles. The van der Waals surface area contributed by atoms with E-state index in [1.807, 2.05) is 36.4 Å². The van der Waals surface area contributed by atoms with Crippen LogP contribution in [0.4, 0.5) is 9.59 Å². The van der Waals surface area contributed by atoms with E-state index < -0.39 is 75.2 Å². The number of carbonyl (C=O) groups excluding carboxylic acids is 5. The lowest BCUT2D eigenvalue weighted by atomic mass is 10.0. The van der Waals surface area contributed by atoms with Crippen molar-refractivity contribution in [3.05, 3.63) is 77.9 Å². The monoisotopic (exact) mass is 749 g/mol. The van der Waals surface area contributed by atoms with Gasteiger partial charge in [0.25, 0.3) is 15.9 Å². The van der Waals surface area contributed by atoms with Crippen LogP contribution in [-0.2, 0) is 47.0 Å². The number of nitrogens with one attached hydrogen (secondary N) is 3. The SMILES string of the molecule is CC(C)(C)OC(=O)N[C@H]1CCCCC/C=C\[C@@H]2C[C@@]2(C(=O)NS(=O)(=O)c2ccccc2)NC(=O)[C@@H]2C[C@@H](OC(=O)N3Cc4ccccc4C3)CN2C1=O. The Balaban J connectivity index is 1.26. The molecule has 3 aliphatic heterocycles. The maximum atomic E-state index is 14.4. The first-order valence-electron chi connectivity index (χ1n) is 18.1.